The van der Waals surface area contributed by atoms with Crippen molar-refractivity contribution in [3.63, 3.8) is 0 Å². The monoisotopic (exact) mass is 575 g/mol. The number of anilines is 1. The van der Waals surface area contributed by atoms with Gasteiger partial charge in [-0.3, -0.25) is 14.5 Å². The zero-order chi connectivity index (χ0) is 28.3. The maximum Gasteiger partial charge on any atom is 0.352 e. The van der Waals surface area contributed by atoms with E-state index in [1.54, 1.807) is 11.8 Å². The molecule has 0 bridgehead atoms. The number of nitrogens with two attached hydrogens (primary N) is 1. The molecule has 2 atom stereocenters. The summed E-state index contributed by atoms with van der Waals surface area (Å²) in [5, 5.41) is 27.4. The van der Waals surface area contributed by atoms with Crippen LogP contribution in [0.1, 0.15) is 26.0 Å². The Morgan fingerprint density at radius 1 is 1.28 bits per heavy atom. The highest BCUT2D eigenvalue weighted by molar-refractivity contribution is 7.99. The number of thioether (sulfide) groups is 1. The van der Waals surface area contributed by atoms with Gasteiger partial charge in [-0.2, -0.15) is 11.8 Å². The van der Waals surface area contributed by atoms with Gasteiger partial charge in [0.05, 0.1) is 6.04 Å². The molecule has 0 radical (unpaired) electrons. The van der Waals surface area contributed by atoms with Gasteiger partial charge in [0.2, 0.25) is 5.60 Å². The molecule has 0 spiro atoms. The first-order valence-corrected chi connectivity index (χ1v) is 13.8. The summed E-state index contributed by atoms with van der Waals surface area (Å²) in [5.74, 6) is -2.87. The number of hydrogen-bond acceptors (Lipinski definition) is 10. The van der Waals surface area contributed by atoms with E-state index in [0.717, 1.165) is 11.3 Å². The smallest absolute Gasteiger partial charge is 0.352 e. The number of β-lactam (4-membered cyclic amide) rings is 1. The second-order valence-corrected chi connectivity index (χ2v) is 11.3. The number of rotatable bonds is 9. The molecule has 0 saturated carbocycles. The molecule has 1 fully saturated rings. The van der Waals surface area contributed by atoms with Gasteiger partial charge >= 0.3 is 11.9 Å². The lowest BCUT2D eigenvalue weighted by atomic mass is 9.90. The number of carboxylic acid groups (broad SMARTS) is 2. The summed E-state index contributed by atoms with van der Waals surface area (Å²) in [6, 6.07) is 3.88. The van der Waals surface area contributed by atoms with Crippen LogP contribution >= 0.6 is 23.1 Å². The van der Waals surface area contributed by atoms with E-state index in [1.165, 1.54) is 24.1 Å². The third-order valence-corrected chi connectivity index (χ3v) is 7.88. The van der Waals surface area contributed by atoms with E-state index in [1.807, 2.05) is 35.2 Å². The van der Waals surface area contributed by atoms with Crippen molar-refractivity contribution in [2.75, 3.05) is 17.2 Å². The number of nitrogens with zero attached hydrogens (tertiary/aromatic N) is 4. The topological polar surface area (TPSA) is 188 Å². The summed E-state index contributed by atoms with van der Waals surface area (Å²) in [4.78, 5) is 60.8. The van der Waals surface area contributed by atoms with Crippen LogP contribution in [-0.4, -0.2) is 78.8 Å². The van der Waals surface area contributed by atoms with Gasteiger partial charge in [-0.25, -0.2) is 19.1 Å². The van der Waals surface area contributed by atoms with E-state index in [2.05, 4.69) is 15.5 Å². The number of hydrogen-bond donors (Lipinski definition) is 4. The Kier molecular flexibility index (Phi) is 8.20. The van der Waals surface area contributed by atoms with Crippen molar-refractivity contribution in [3.8, 4) is 0 Å². The van der Waals surface area contributed by atoms with Crippen molar-refractivity contribution in [2.24, 2.45) is 5.16 Å². The number of carbonyl (C=O) groups is 4. The van der Waals surface area contributed by atoms with E-state index in [0.29, 0.717) is 30.0 Å². The number of pyridine rings is 1. The molecule has 15 heteroatoms. The molecule has 2 amide bonds. The lowest BCUT2D eigenvalue weighted by molar-refractivity contribution is -0.689. The Morgan fingerprint density at radius 2 is 2.00 bits per heavy atom. The van der Waals surface area contributed by atoms with Gasteiger partial charge < -0.3 is 26.1 Å². The predicted octanol–water partition coefficient (Wildman–Crippen LogP) is 0.468. The lowest BCUT2D eigenvalue weighted by Gasteiger charge is -2.48. The van der Waals surface area contributed by atoms with Crippen LogP contribution in [0.25, 0.3) is 0 Å². The Hall–Kier alpha value is -3.98. The molecule has 2 aliphatic rings. The Labute approximate surface area is 231 Å². The number of fused-ring (bicyclic) bond motifs is 1. The molecule has 39 heavy (non-hydrogen) atoms. The first kappa shape index (κ1) is 28.0. The minimum atomic E-state index is -1.75. The van der Waals surface area contributed by atoms with E-state index in [4.69, 9.17) is 10.6 Å². The van der Waals surface area contributed by atoms with Gasteiger partial charge in [-0.15, -0.1) is 11.3 Å². The average Bonchev–Trinajstić information content (AvgIpc) is 3.30. The predicted molar refractivity (Wildman–Crippen MR) is 142 cm³/mol. The van der Waals surface area contributed by atoms with Crippen molar-refractivity contribution in [3.05, 3.63) is 52.9 Å². The number of aliphatic carboxylic acids is 2. The number of carboxylic acids is 2. The fraction of sp³-hybridized carbons (Fsp3) is 0.375. The summed E-state index contributed by atoms with van der Waals surface area (Å²) in [6.07, 6.45) is 4.07. The molecule has 2 aromatic heterocycles. The number of thiazole rings is 1. The van der Waals surface area contributed by atoms with E-state index >= 15 is 0 Å². The fourth-order valence-electron chi connectivity index (χ4n) is 4.06. The number of nitrogens with one attached hydrogen (secondary N) is 1. The highest BCUT2D eigenvalue weighted by Crippen LogP contribution is 2.34. The summed E-state index contributed by atoms with van der Waals surface area (Å²) < 4.78 is 1.83. The number of aromatic nitrogens is 2. The summed E-state index contributed by atoms with van der Waals surface area (Å²) in [6.45, 7) is 2.81. The van der Waals surface area contributed by atoms with Gasteiger partial charge in [-0.1, -0.05) is 11.2 Å². The zero-order valence-electron chi connectivity index (χ0n) is 21.1. The average molecular weight is 576 g/mol. The molecular weight excluding hydrogens is 548 g/mol. The normalized spacial score (nSPS) is 21.7. The van der Waals surface area contributed by atoms with Crippen LogP contribution in [0.15, 0.2) is 52.4 Å². The highest BCUT2D eigenvalue weighted by Gasteiger charge is 2.52. The molecule has 13 nitrogen and oxygen atoms in total. The molecule has 0 aromatic carbocycles. The van der Waals surface area contributed by atoms with Gasteiger partial charge in [-0.05, 0) is 26.0 Å². The SMILES string of the molecule is CC(C)(O/N=C(\C(=O)N[C@@H]1C(=O)N2/C(C(=O)O)=C(/C[n+]3ccccc3)CSCC[C@H]12)c1csc(N)n1)C(=O)O. The van der Waals surface area contributed by atoms with Gasteiger partial charge in [0, 0.05) is 28.8 Å². The van der Waals surface area contributed by atoms with Crippen LogP contribution in [0.2, 0.25) is 0 Å². The van der Waals surface area contributed by atoms with Crippen LogP contribution < -0.4 is 15.6 Å². The quantitative estimate of drug-likeness (QED) is 0.142. The van der Waals surface area contributed by atoms with Gasteiger partial charge in [0.25, 0.3) is 11.8 Å². The zero-order valence-corrected chi connectivity index (χ0v) is 22.7. The first-order chi connectivity index (χ1) is 18.5. The van der Waals surface area contributed by atoms with Crippen LogP contribution in [0.4, 0.5) is 5.13 Å². The third kappa shape index (κ3) is 6.04. The summed E-state index contributed by atoms with van der Waals surface area (Å²) >= 11 is 2.59. The Balaban J connectivity index is 1.60. The van der Waals surface area contributed by atoms with E-state index < -0.39 is 41.4 Å². The highest BCUT2D eigenvalue weighted by atomic mass is 32.2. The van der Waals surface area contributed by atoms with E-state index in [-0.39, 0.29) is 22.2 Å². The molecule has 2 aromatic rings. The molecule has 1 saturated heterocycles. The molecule has 206 valence electrons. The lowest BCUT2D eigenvalue weighted by Crippen LogP contribution is -2.71. The molecule has 0 aliphatic carbocycles. The van der Waals surface area contributed by atoms with Gasteiger partial charge in [0.15, 0.2) is 29.8 Å². The molecule has 5 N–H and O–H groups in total. The fourth-order valence-corrected chi connectivity index (χ4v) is 5.63. The Bertz CT molecular complexity index is 1360. The maximum atomic E-state index is 13.3. The van der Waals surface area contributed by atoms with Crippen LogP contribution in [-0.2, 0) is 30.6 Å². The molecule has 4 rings (SSSR count). The number of carbonyl (C=O) groups excluding carboxylic acids is 2. The van der Waals surface area contributed by atoms with Crippen molar-refractivity contribution in [2.45, 2.75) is 44.5 Å². The molecule has 4 heterocycles. The molecule has 2 aliphatic heterocycles. The van der Waals surface area contributed by atoms with Crippen molar-refractivity contribution >= 4 is 57.7 Å². The number of oxime groups is 1. The standard InChI is InChI=1S/C24H26N6O7S2/c1-24(2,22(35)36)37-28-16(14-12-39-23(25)26-14)19(31)27-17-15-6-9-38-11-13(10-29-7-4-3-5-8-29)18(21(33)34)30(15)20(17)32/h3-5,7-8,12,15,17H,6,9-11H2,1-2H3,(H4-,25,26,27,31,33,34,35,36)/p+1/b18-13-,28-16-/t15-,17+/m1/s1. The maximum absolute atomic E-state index is 13.3. The van der Waals surface area contributed by atoms with E-state index in [9.17, 15) is 29.4 Å². The second-order valence-electron chi connectivity index (χ2n) is 9.29. The minimum Gasteiger partial charge on any atom is -0.478 e. The minimum absolute atomic E-state index is 0.0429. The van der Waals surface area contributed by atoms with Crippen LogP contribution in [0.5, 0.6) is 0 Å². The van der Waals surface area contributed by atoms with Crippen LogP contribution in [0.3, 0.4) is 0 Å². The Morgan fingerprint density at radius 3 is 2.62 bits per heavy atom. The van der Waals surface area contributed by atoms with Crippen LogP contribution in [0, 0.1) is 0 Å². The van der Waals surface area contributed by atoms with Gasteiger partial charge in [0.1, 0.15) is 17.4 Å². The van der Waals surface area contributed by atoms with Crippen molar-refractivity contribution in [1.29, 1.82) is 0 Å². The summed E-state index contributed by atoms with van der Waals surface area (Å²) in [5.41, 5.74) is 4.12. The molecular formula is C24H27N6O7S2+. The summed E-state index contributed by atoms with van der Waals surface area (Å²) in [7, 11) is 0. The van der Waals surface area contributed by atoms with Crippen molar-refractivity contribution in [1.82, 2.24) is 15.2 Å². The largest absolute Gasteiger partial charge is 0.478 e. The number of nitrogen functional groups attached to an aromatic ring is 1. The third-order valence-electron chi connectivity index (χ3n) is 6.13. The molecule has 0 unspecified atom stereocenters. The second kappa shape index (κ2) is 11.4. The first-order valence-electron chi connectivity index (χ1n) is 11.8. The number of amides is 2. The van der Waals surface area contributed by atoms with Crippen molar-refractivity contribution < 1.29 is 38.8 Å².